The molecule has 9 heteroatoms. The van der Waals surface area contributed by atoms with Crippen LogP contribution in [0.4, 0.5) is 0 Å². The second-order valence-corrected chi connectivity index (χ2v) is 18.3. The zero-order chi connectivity index (χ0) is 39.0. The maximum atomic E-state index is 12.5. The average Bonchev–Trinajstić information content (AvgIpc) is 3.67. The maximum absolute atomic E-state index is 12.5. The van der Waals surface area contributed by atoms with E-state index in [-0.39, 0.29) is 63.1 Å². The van der Waals surface area contributed by atoms with Crippen LogP contribution in [0.15, 0.2) is 36.4 Å². The van der Waals surface area contributed by atoms with Gasteiger partial charge in [0.2, 0.25) is 0 Å². The van der Waals surface area contributed by atoms with Gasteiger partial charge in [0, 0.05) is 5.41 Å². The third-order valence-corrected chi connectivity index (χ3v) is 13.4. The van der Waals surface area contributed by atoms with Crippen molar-refractivity contribution in [3.63, 3.8) is 0 Å². The standard InChI is InChI=1S/2C22H30O4.Na/c2*1-20(2,3)14-11-16(25-6)18(17(12-14)26-7)15-10-13-8-9-22(15,19(23)24)21(13,4)5;/h2*10-13H,8-9H2,1-7H3,(H,23,24);/q;;+1/p-1/t2*13-,22+;/m11./s1. The van der Waals surface area contributed by atoms with E-state index in [1.54, 1.807) is 28.4 Å². The summed E-state index contributed by atoms with van der Waals surface area (Å²) >= 11 is 0. The SMILES string of the molecule is COc1cc(C(C)(C)C)cc(OC)c1C1=C[C@H]2CC[C@]1(C(=O)O)C2(C)C.COc1cc(C(C)(C)C)cc(OC)c1C1=C[C@H]2CC[C@]1(C(=O)[O-])C2(C)C.[Na+]. The van der Waals surface area contributed by atoms with Crippen LogP contribution in [0.2, 0.25) is 0 Å². The molecule has 2 saturated carbocycles. The Labute approximate surface area is 339 Å². The smallest absolute Gasteiger partial charge is 0.549 e. The molecule has 6 rings (SSSR count). The van der Waals surface area contributed by atoms with Crippen LogP contribution in [0.3, 0.4) is 0 Å². The van der Waals surface area contributed by atoms with Crippen molar-refractivity contribution in [1.82, 2.24) is 0 Å². The van der Waals surface area contributed by atoms with E-state index in [1.165, 1.54) is 0 Å². The van der Waals surface area contributed by atoms with Gasteiger partial charge in [0.05, 0.1) is 51.0 Å². The Morgan fingerprint density at radius 2 is 0.943 bits per heavy atom. The number of ether oxygens (including phenoxy) is 4. The number of allylic oxidation sites excluding steroid dienone is 2. The van der Waals surface area contributed by atoms with Gasteiger partial charge in [-0.1, -0.05) is 81.4 Å². The molecular weight excluding hydrogens is 679 g/mol. The first-order valence-corrected chi connectivity index (χ1v) is 18.4. The number of aliphatic carboxylic acids is 2. The second kappa shape index (κ2) is 14.3. The van der Waals surface area contributed by atoms with E-state index < -0.39 is 22.8 Å². The van der Waals surface area contributed by atoms with Gasteiger partial charge in [-0.15, -0.1) is 0 Å². The quantitative estimate of drug-likeness (QED) is 0.355. The van der Waals surface area contributed by atoms with E-state index in [4.69, 9.17) is 18.9 Å². The van der Waals surface area contributed by atoms with E-state index in [9.17, 15) is 19.8 Å². The number of hydrogen-bond donors (Lipinski definition) is 1. The average molecular weight is 739 g/mol. The van der Waals surface area contributed by atoms with Gasteiger partial charge in [0.15, 0.2) is 0 Å². The molecule has 0 aromatic heterocycles. The number of carboxylic acids is 2. The van der Waals surface area contributed by atoms with Gasteiger partial charge >= 0.3 is 35.5 Å². The van der Waals surface area contributed by atoms with Crippen molar-refractivity contribution in [3.8, 4) is 23.0 Å². The van der Waals surface area contributed by atoms with Gasteiger partial charge in [-0.05, 0) is 106 Å². The van der Waals surface area contributed by atoms with E-state index >= 15 is 0 Å². The first-order valence-electron chi connectivity index (χ1n) is 18.4. The summed E-state index contributed by atoms with van der Waals surface area (Å²) in [7, 11) is 6.51. The van der Waals surface area contributed by atoms with Crippen LogP contribution in [0.5, 0.6) is 23.0 Å². The van der Waals surface area contributed by atoms with Crippen molar-refractivity contribution in [2.24, 2.45) is 33.5 Å². The molecule has 284 valence electrons. The van der Waals surface area contributed by atoms with E-state index in [1.807, 2.05) is 38.1 Å². The molecule has 53 heavy (non-hydrogen) atoms. The molecule has 0 heterocycles. The molecule has 4 atom stereocenters. The zero-order valence-corrected chi connectivity index (χ0v) is 36.8. The Bertz CT molecular complexity index is 1650. The molecular formula is C44H59NaO8. The van der Waals surface area contributed by atoms with Crippen LogP contribution in [0.1, 0.15) is 117 Å². The van der Waals surface area contributed by atoms with Crippen molar-refractivity contribution >= 4 is 23.1 Å². The molecule has 0 radical (unpaired) electrons. The maximum Gasteiger partial charge on any atom is 1.00 e. The number of carboxylic acid groups (broad SMARTS) is 2. The molecule has 4 bridgehead atoms. The first-order chi connectivity index (χ1) is 24.0. The molecule has 4 aliphatic rings. The molecule has 0 unspecified atom stereocenters. The Hall–Kier alpha value is -2.94. The molecule has 2 fully saturated rings. The molecule has 2 aromatic rings. The van der Waals surface area contributed by atoms with Gasteiger partial charge in [0.1, 0.15) is 23.0 Å². The van der Waals surface area contributed by atoms with E-state index in [0.29, 0.717) is 35.8 Å². The van der Waals surface area contributed by atoms with E-state index in [2.05, 4.69) is 67.5 Å². The van der Waals surface area contributed by atoms with Crippen LogP contribution in [0.25, 0.3) is 11.1 Å². The Kier molecular flexibility index (Phi) is 11.5. The third-order valence-electron chi connectivity index (χ3n) is 13.4. The van der Waals surface area contributed by atoms with Crippen LogP contribution in [0, 0.1) is 33.5 Å². The second-order valence-electron chi connectivity index (χ2n) is 18.3. The van der Waals surface area contributed by atoms with Crippen LogP contribution in [-0.2, 0) is 20.4 Å². The summed E-state index contributed by atoms with van der Waals surface area (Å²) < 4.78 is 22.9. The van der Waals surface area contributed by atoms with Gasteiger partial charge in [0.25, 0.3) is 0 Å². The normalized spacial score (nSPS) is 26.1. The minimum Gasteiger partial charge on any atom is -0.549 e. The summed E-state index contributed by atoms with van der Waals surface area (Å²) in [4.78, 5) is 24.9. The molecule has 0 spiro atoms. The van der Waals surface area contributed by atoms with E-state index in [0.717, 1.165) is 46.2 Å². The van der Waals surface area contributed by atoms with Crippen molar-refractivity contribution in [2.75, 3.05) is 28.4 Å². The Morgan fingerprint density at radius 3 is 1.19 bits per heavy atom. The first kappa shape index (κ1) is 42.8. The zero-order valence-electron chi connectivity index (χ0n) is 34.8. The number of benzene rings is 2. The molecule has 0 amide bonds. The summed E-state index contributed by atoms with van der Waals surface area (Å²) in [6.45, 7) is 21.0. The van der Waals surface area contributed by atoms with Gasteiger partial charge in [-0.25, -0.2) is 0 Å². The largest absolute Gasteiger partial charge is 1.00 e. The van der Waals surface area contributed by atoms with Gasteiger partial charge in [-0.3, -0.25) is 4.79 Å². The number of carbonyl (C=O) groups excluding carboxylic acids is 1. The Balaban J connectivity index is 0.000000232. The monoisotopic (exact) mass is 738 g/mol. The number of carbonyl (C=O) groups is 2. The summed E-state index contributed by atoms with van der Waals surface area (Å²) in [6, 6.07) is 8.04. The van der Waals surface area contributed by atoms with Gasteiger partial charge in [-0.2, -0.15) is 0 Å². The summed E-state index contributed by atoms with van der Waals surface area (Å²) in [6.07, 6.45) is 7.28. The minimum atomic E-state index is -1.01. The van der Waals surface area contributed by atoms with Crippen molar-refractivity contribution in [2.45, 2.75) is 106 Å². The molecule has 4 aliphatic carbocycles. The number of hydrogen-bond acceptors (Lipinski definition) is 7. The number of rotatable bonds is 8. The summed E-state index contributed by atoms with van der Waals surface area (Å²) in [5.74, 6) is 1.40. The predicted octanol–water partition coefficient (Wildman–Crippen LogP) is 5.48. The molecule has 0 aliphatic heterocycles. The summed E-state index contributed by atoms with van der Waals surface area (Å²) in [5, 5.41) is 22.6. The number of fused-ring (bicyclic) bond motifs is 4. The topological polar surface area (TPSA) is 114 Å². The van der Waals surface area contributed by atoms with Gasteiger partial charge < -0.3 is 34.0 Å². The fourth-order valence-corrected chi connectivity index (χ4v) is 9.76. The third kappa shape index (κ3) is 6.33. The number of methoxy groups -OCH3 is 4. The van der Waals surface area contributed by atoms with Crippen molar-refractivity contribution in [3.05, 3.63) is 58.7 Å². The van der Waals surface area contributed by atoms with Crippen LogP contribution < -0.4 is 53.6 Å². The summed E-state index contributed by atoms with van der Waals surface area (Å²) in [5.41, 5.74) is 2.59. The van der Waals surface area contributed by atoms with Crippen LogP contribution in [-0.4, -0.2) is 45.5 Å². The Morgan fingerprint density at radius 1 is 0.642 bits per heavy atom. The predicted molar refractivity (Wildman–Crippen MR) is 203 cm³/mol. The fourth-order valence-electron chi connectivity index (χ4n) is 9.76. The molecule has 0 saturated heterocycles. The molecule has 2 aromatic carbocycles. The molecule has 8 nitrogen and oxygen atoms in total. The van der Waals surface area contributed by atoms with Crippen molar-refractivity contribution < 1.29 is 68.3 Å². The molecule has 1 N–H and O–H groups in total. The van der Waals surface area contributed by atoms with Crippen molar-refractivity contribution in [1.29, 1.82) is 0 Å². The fraction of sp³-hybridized carbons (Fsp3) is 0.591. The minimum absolute atomic E-state index is 0. The van der Waals surface area contributed by atoms with Crippen LogP contribution >= 0.6 is 0 Å².